The lowest BCUT2D eigenvalue weighted by Gasteiger charge is -2.28. The SMILES string of the molecule is CC(C)(C)OC(=O)N1C[C@@H](O)C[C@H]1Cc1ccccc1. The van der Waals surface area contributed by atoms with Crippen molar-refractivity contribution in [1.82, 2.24) is 4.90 Å². The van der Waals surface area contributed by atoms with E-state index in [-0.39, 0.29) is 12.1 Å². The Morgan fingerprint density at radius 1 is 1.35 bits per heavy atom. The normalized spacial score (nSPS) is 22.9. The maximum absolute atomic E-state index is 12.2. The van der Waals surface area contributed by atoms with Crippen molar-refractivity contribution in [2.24, 2.45) is 0 Å². The van der Waals surface area contributed by atoms with E-state index < -0.39 is 11.7 Å². The monoisotopic (exact) mass is 277 g/mol. The molecule has 1 N–H and O–H groups in total. The number of ether oxygens (including phenoxy) is 1. The van der Waals surface area contributed by atoms with Crippen LogP contribution in [0.3, 0.4) is 0 Å². The Morgan fingerprint density at radius 2 is 2.00 bits per heavy atom. The quantitative estimate of drug-likeness (QED) is 0.904. The van der Waals surface area contributed by atoms with Gasteiger partial charge in [-0.3, -0.25) is 0 Å². The van der Waals surface area contributed by atoms with Crippen LogP contribution in [0, 0.1) is 0 Å². The first-order valence-corrected chi connectivity index (χ1v) is 7.07. The van der Waals surface area contributed by atoms with Gasteiger partial charge >= 0.3 is 6.09 Å². The van der Waals surface area contributed by atoms with E-state index >= 15 is 0 Å². The van der Waals surface area contributed by atoms with Crippen LogP contribution in [0.2, 0.25) is 0 Å². The second kappa shape index (κ2) is 5.83. The number of nitrogens with zero attached hydrogens (tertiary/aromatic N) is 1. The van der Waals surface area contributed by atoms with Crippen LogP contribution in [-0.2, 0) is 11.2 Å². The summed E-state index contributed by atoms with van der Waals surface area (Å²) in [4.78, 5) is 13.9. The second-order valence-electron chi connectivity index (χ2n) is 6.37. The minimum atomic E-state index is -0.512. The Bertz CT molecular complexity index is 453. The van der Waals surface area contributed by atoms with Crippen LogP contribution in [0.4, 0.5) is 4.79 Å². The number of likely N-dealkylation sites (tertiary alicyclic amines) is 1. The summed E-state index contributed by atoms with van der Waals surface area (Å²) in [5, 5.41) is 9.85. The molecule has 0 saturated carbocycles. The molecule has 0 radical (unpaired) electrons. The van der Waals surface area contributed by atoms with Crippen molar-refractivity contribution in [3.8, 4) is 0 Å². The number of aliphatic hydroxyl groups is 1. The third-order valence-electron chi connectivity index (χ3n) is 3.33. The lowest BCUT2D eigenvalue weighted by Crippen LogP contribution is -2.41. The molecule has 0 aromatic heterocycles. The van der Waals surface area contributed by atoms with Gasteiger partial charge in [-0.1, -0.05) is 30.3 Å². The van der Waals surface area contributed by atoms with Gasteiger partial charge in [0.05, 0.1) is 12.6 Å². The second-order valence-corrected chi connectivity index (χ2v) is 6.37. The average molecular weight is 277 g/mol. The molecule has 20 heavy (non-hydrogen) atoms. The van der Waals surface area contributed by atoms with Gasteiger partial charge in [0, 0.05) is 6.04 Å². The molecule has 1 heterocycles. The van der Waals surface area contributed by atoms with E-state index in [4.69, 9.17) is 4.74 Å². The number of carbonyl (C=O) groups is 1. The van der Waals surface area contributed by atoms with Gasteiger partial charge in [0.25, 0.3) is 0 Å². The fourth-order valence-corrected chi connectivity index (χ4v) is 2.52. The minimum Gasteiger partial charge on any atom is -0.444 e. The third kappa shape index (κ3) is 3.97. The Labute approximate surface area is 120 Å². The zero-order valence-corrected chi connectivity index (χ0v) is 12.4. The Kier molecular flexibility index (Phi) is 4.33. The summed E-state index contributed by atoms with van der Waals surface area (Å²) in [5.74, 6) is 0. The van der Waals surface area contributed by atoms with Gasteiger partial charge in [-0.05, 0) is 39.2 Å². The fourth-order valence-electron chi connectivity index (χ4n) is 2.52. The molecule has 4 nitrogen and oxygen atoms in total. The highest BCUT2D eigenvalue weighted by atomic mass is 16.6. The van der Waals surface area contributed by atoms with Gasteiger partial charge in [-0.2, -0.15) is 0 Å². The number of hydrogen-bond acceptors (Lipinski definition) is 3. The van der Waals surface area contributed by atoms with Gasteiger partial charge in [-0.25, -0.2) is 4.79 Å². The molecule has 0 bridgehead atoms. The number of β-amino-alcohol motifs (C(OH)–C–C–N with tert-alkyl or cyclic N) is 1. The summed E-state index contributed by atoms with van der Waals surface area (Å²) in [6.07, 6.45) is 0.553. The molecule has 0 aliphatic carbocycles. The van der Waals surface area contributed by atoms with Gasteiger partial charge < -0.3 is 14.7 Å². The molecule has 1 aliphatic heterocycles. The Morgan fingerprint density at radius 3 is 2.60 bits per heavy atom. The highest BCUT2D eigenvalue weighted by Crippen LogP contribution is 2.24. The molecule has 110 valence electrons. The molecule has 1 aliphatic rings. The zero-order chi connectivity index (χ0) is 14.8. The molecule has 2 atom stereocenters. The van der Waals surface area contributed by atoms with Crippen molar-refractivity contribution < 1.29 is 14.6 Å². The van der Waals surface area contributed by atoms with Gasteiger partial charge in [0.15, 0.2) is 0 Å². The molecule has 4 heteroatoms. The molecule has 0 unspecified atom stereocenters. The number of rotatable bonds is 2. The number of aliphatic hydroxyl groups excluding tert-OH is 1. The topological polar surface area (TPSA) is 49.8 Å². The average Bonchev–Trinajstić information content (AvgIpc) is 2.69. The van der Waals surface area contributed by atoms with Crippen LogP contribution >= 0.6 is 0 Å². The van der Waals surface area contributed by atoms with E-state index in [9.17, 15) is 9.90 Å². The summed E-state index contributed by atoms with van der Waals surface area (Å²) in [6.45, 7) is 5.91. The predicted octanol–water partition coefficient (Wildman–Crippen LogP) is 2.60. The molecule has 1 aromatic carbocycles. The predicted molar refractivity (Wildman–Crippen MR) is 77.5 cm³/mol. The van der Waals surface area contributed by atoms with Crippen LogP contribution in [0.1, 0.15) is 32.8 Å². The van der Waals surface area contributed by atoms with Gasteiger partial charge in [-0.15, -0.1) is 0 Å². The summed E-state index contributed by atoms with van der Waals surface area (Å²) < 4.78 is 5.41. The number of benzene rings is 1. The molecule has 2 rings (SSSR count). The van der Waals surface area contributed by atoms with E-state index in [1.165, 1.54) is 5.56 Å². The molecular formula is C16H23NO3. The van der Waals surface area contributed by atoms with Crippen LogP contribution in [0.25, 0.3) is 0 Å². The first kappa shape index (κ1) is 14.9. The van der Waals surface area contributed by atoms with Gasteiger partial charge in [0.1, 0.15) is 5.60 Å². The highest BCUT2D eigenvalue weighted by Gasteiger charge is 2.36. The Hall–Kier alpha value is -1.55. The summed E-state index contributed by atoms with van der Waals surface area (Å²) in [5.41, 5.74) is 0.655. The molecule has 0 spiro atoms. The molecular weight excluding hydrogens is 254 g/mol. The lowest BCUT2D eigenvalue weighted by atomic mass is 10.0. The summed E-state index contributed by atoms with van der Waals surface area (Å²) in [6, 6.07) is 10.0. The minimum absolute atomic E-state index is 0.00208. The number of hydrogen-bond donors (Lipinski definition) is 1. The molecule has 1 aromatic rings. The Balaban J connectivity index is 2.05. The van der Waals surface area contributed by atoms with Crippen LogP contribution in [0.15, 0.2) is 30.3 Å². The highest BCUT2D eigenvalue weighted by molar-refractivity contribution is 5.69. The van der Waals surface area contributed by atoms with Crippen LogP contribution in [0.5, 0.6) is 0 Å². The first-order chi connectivity index (χ1) is 9.35. The first-order valence-electron chi connectivity index (χ1n) is 7.07. The van der Waals surface area contributed by atoms with Crippen molar-refractivity contribution in [2.75, 3.05) is 6.54 Å². The van der Waals surface area contributed by atoms with Crippen molar-refractivity contribution in [3.05, 3.63) is 35.9 Å². The van der Waals surface area contributed by atoms with Crippen LogP contribution in [-0.4, -0.2) is 40.4 Å². The molecule has 1 fully saturated rings. The van der Waals surface area contributed by atoms with E-state index in [1.807, 2.05) is 51.1 Å². The zero-order valence-electron chi connectivity index (χ0n) is 12.4. The third-order valence-corrected chi connectivity index (χ3v) is 3.33. The summed E-state index contributed by atoms with van der Waals surface area (Å²) in [7, 11) is 0. The van der Waals surface area contributed by atoms with Crippen molar-refractivity contribution in [1.29, 1.82) is 0 Å². The number of carbonyl (C=O) groups excluding carboxylic acids is 1. The van der Waals surface area contributed by atoms with E-state index in [1.54, 1.807) is 4.90 Å². The van der Waals surface area contributed by atoms with E-state index in [2.05, 4.69) is 0 Å². The maximum Gasteiger partial charge on any atom is 0.410 e. The fraction of sp³-hybridized carbons (Fsp3) is 0.562. The smallest absolute Gasteiger partial charge is 0.410 e. The number of amides is 1. The van der Waals surface area contributed by atoms with E-state index in [0.29, 0.717) is 13.0 Å². The van der Waals surface area contributed by atoms with Crippen molar-refractivity contribution in [2.45, 2.75) is 51.4 Å². The largest absolute Gasteiger partial charge is 0.444 e. The lowest BCUT2D eigenvalue weighted by molar-refractivity contribution is 0.0208. The molecule has 1 saturated heterocycles. The van der Waals surface area contributed by atoms with Crippen molar-refractivity contribution >= 4 is 6.09 Å². The standard InChI is InChI=1S/C16H23NO3/c1-16(2,3)20-15(19)17-11-14(18)10-13(17)9-12-7-5-4-6-8-12/h4-8,13-14,18H,9-11H2,1-3H3/t13-,14+/m1/s1. The van der Waals surface area contributed by atoms with Crippen LogP contribution < -0.4 is 0 Å². The van der Waals surface area contributed by atoms with E-state index in [0.717, 1.165) is 6.42 Å². The van der Waals surface area contributed by atoms with Gasteiger partial charge in [0.2, 0.25) is 0 Å². The molecule has 1 amide bonds. The summed E-state index contributed by atoms with van der Waals surface area (Å²) >= 11 is 0. The maximum atomic E-state index is 12.2. The van der Waals surface area contributed by atoms with Crippen molar-refractivity contribution in [3.63, 3.8) is 0 Å².